The van der Waals surface area contributed by atoms with Crippen LogP contribution in [0.25, 0.3) is 0 Å². The first-order chi connectivity index (χ1) is 10.3. The highest BCUT2D eigenvalue weighted by atomic mass is 16.5. The number of hydrogen-bond acceptors (Lipinski definition) is 3. The summed E-state index contributed by atoms with van der Waals surface area (Å²) in [4.78, 5) is 12.0. The smallest absolute Gasteiger partial charge is 0.222 e. The molecule has 3 rings (SSSR count). The molecule has 2 aliphatic rings. The minimum Gasteiger partial charge on any atom is -0.378 e. The molecule has 0 saturated carbocycles. The van der Waals surface area contributed by atoms with E-state index in [0.717, 1.165) is 38.8 Å². The van der Waals surface area contributed by atoms with Crippen LogP contribution in [0.15, 0.2) is 24.3 Å². The molecule has 2 N–H and O–H groups in total. The molecule has 1 aliphatic carbocycles. The van der Waals surface area contributed by atoms with Crippen LogP contribution in [0.1, 0.15) is 30.4 Å². The van der Waals surface area contributed by atoms with E-state index in [0.29, 0.717) is 19.1 Å². The fourth-order valence-electron chi connectivity index (χ4n) is 3.24. The Kier molecular flexibility index (Phi) is 4.88. The lowest BCUT2D eigenvalue weighted by atomic mass is 10.1. The second kappa shape index (κ2) is 7.05. The third kappa shape index (κ3) is 4.05. The van der Waals surface area contributed by atoms with Crippen LogP contribution in [0, 0.1) is 0 Å². The van der Waals surface area contributed by atoms with Gasteiger partial charge in [-0.3, -0.25) is 4.79 Å². The molecule has 4 nitrogen and oxygen atoms in total. The summed E-state index contributed by atoms with van der Waals surface area (Å²) >= 11 is 0. The van der Waals surface area contributed by atoms with Crippen molar-refractivity contribution >= 4 is 5.91 Å². The lowest BCUT2D eigenvalue weighted by Crippen LogP contribution is -2.37. The summed E-state index contributed by atoms with van der Waals surface area (Å²) in [5, 5.41) is 6.44. The van der Waals surface area contributed by atoms with Gasteiger partial charge in [0, 0.05) is 12.5 Å². The van der Waals surface area contributed by atoms with E-state index in [-0.39, 0.29) is 11.9 Å². The topological polar surface area (TPSA) is 50.4 Å². The fraction of sp³-hybridized carbons (Fsp3) is 0.588. The Morgan fingerprint density at radius 3 is 2.52 bits per heavy atom. The van der Waals surface area contributed by atoms with Crippen LogP contribution in [0.2, 0.25) is 0 Å². The Hall–Kier alpha value is -1.39. The molecular weight excluding hydrogens is 264 g/mol. The highest BCUT2D eigenvalue weighted by molar-refractivity contribution is 5.76. The van der Waals surface area contributed by atoms with E-state index in [1.54, 1.807) is 0 Å². The molecule has 0 radical (unpaired) electrons. The zero-order chi connectivity index (χ0) is 14.5. The standard InChI is InChI=1S/C17H24N2O2/c20-17(7-10-21-16-5-8-18-9-6-16)19-15-11-13-3-1-2-4-14(13)12-15/h1-4,15-16,18H,5-12H2,(H,19,20). The van der Waals surface area contributed by atoms with Crippen molar-refractivity contribution in [2.75, 3.05) is 19.7 Å². The van der Waals surface area contributed by atoms with E-state index in [2.05, 4.69) is 34.9 Å². The van der Waals surface area contributed by atoms with Crippen LogP contribution in [0.4, 0.5) is 0 Å². The minimum absolute atomic E-state index is 0.113. The van der Waals surface area contributed by atoms with Gasteiger partial charge in [-0.15, -0.1) is 0 Å². The largest absolute Gasteiger partial charge is 0.378 e. The number of rotatable bonds is 5. The summed E-state index contributed by atoms with van der Waals surface area (Å²) < 4.78 is 5.78. The molecule has 1 fully saturated rings. The molecule has 4 heteroatoms. The number of nitrogens with one attached hydrogen (secondary N) is 2. The van der Waals surface area contributed by atoms with Crippen LogP contribution < -0.4 is 10.6 Å². The van der Waals surface area contributed by atoms with Crippen molar-refractivity contribution in [1.82, 2.24) is 10.6 Å². The first-order valence-corrected chi connectivity index (χ1v) is 8.00. The molecule has 1 aromatic rings. The molecule has 1 aromatic carbocycles. The second-order valence-corrected chi connectivity index (χ2v) is 6.01. The molecule has 0 unspecified atom stereocenters. The summed E-state index contributed by atoms with van der Waals surface area (Å²) in [7, 11) is 0. The Morgan fingerprint density at radius 1 is 1.19 bits per heavy atom. The van der Waals surface area contributed by atoms with E-state index in [1.807, 2.05) is 0 Å². The van der Waals surface area contributed by atoms with Gasteiger partial charge in [-0.1, -0.05) is 24.3 Å². The van der Waals surface area contributed by atoms with Gasteiger partial charge >= 0.3 is 0 Å². The number of ether oxygens (including phenoxy) is 1. The van der Waals surface area contributed by atoms with Gasteiger partial charge in [0.25, 0.3) is 0 Å². The summed E-state index contributed by atoms with van der Waals surface area (Å²) in [5.41, 5.74) is 2.74. The average Bonchev–Trinajstić information content (AvgIpc) is 2.90. The summed E-state index contributed by atoms with van der Waals surface area (Å²) in [5.74, 6) is 0.113. The van der Waals surface area contributed by atoms with Gasteiger partial charge in [0.2, 0.25) is 5.91 Å². The van der Waals surface area contributed by atoms with E-state index in [9.17, 15) is 4.79 Å². The van der Waals surface area contributed by atoms with Gasteiger partial charge in [0.15, 0.2) is 0 Å². The maximum Gasteiger partial charge on any atom is 0.222 e. The van der Waals surface area contributed by atoms with E-state index in [1.165, 1.54) is 11.1 Å². The highest BCUT2D eigenvalue weighted by Crippen LogP contribution is 2.21. The van der Waals surface area contributed by atoms with Crippen LogP contribution in [0.5, 0.6) is 0 Å². The molecule has 1 heterocycles. The third-order valence-electron chi connectivity index (χ3n) is 4.38. The van der Waals surface area contributed by atoms with Crippen LogP contribution >= 0.6 is 0 Å². The van der Waals surface area contributed by atoms with Crippen molar-refractivity contribution in [2.24, 2.45) is 0 Å². The van der Waals surface area contributed by atoms with Crippen LogP contribution in [-0.2, 0) is 22.4 Å². The maximum absolute atomic E-state index is 12.0. The zero-order valence-electron chi connectivity index (χ0n) is 12.4. The summed E-state index contributed by atoms with van der Waals surface area (Å²) in [6.07, 6.45) is 4.82. The molecule has 0 atom stereocenters. The zero-order valence-corrected chi connectivity index (χ0v) is 12.4. The van der Waals surface area contributed by atoms with Gasteiger partial charge in [-0.2, -0.15) is 0 Å². The van der Waals surface area contributed by atoms with Crippen molar-refractivity contribution in [3.8, 4) is 0 Å². The van der Waals surface area contributed by atoms with Gasteiger partial charge in [0.05, 0.1) is 12.7 Å². The SMILES string of the molecule is O=C(CCOC1CCNCC1)NC1Cc2ccccc2C1. The molecule has 1 aliphatic heterocycles. The maximum atomic E-state index is 12.0. The number of amides is 1. The van der Waals surface area contributed by atoms with E-state index < -0.39 is 0 Å². The first kappa shape index (κ1) is 14.5. The monoisotopic (exact) mass is 288 g/mol. The van der Waals surface area contributed by atoms with Crippen molar-refractivity contribution in [3.05, 3.63) is 35.4 Å². The van der Waals surface area contributed by atoms with Crippen molar-refractivity contribution in [3.63, 3.8) is 0 Å². The molecule has 0 aromatic heterocycles. The van der Waals surface area contributed by atoms with E-state index >= 15 is 0 Å². The Labute approximate surface area is 126 Å². The molecule has 1 saturated heterocycles. The average molecular weight is 288 g/mol. The molecule has 0 bridgehead atoms. The lowest BCUT2D eigenvalue weighted by Gasteiger charge is -2.23. The summed E-state index contributed by atoms with van der Waals surface area (Å²) in [6.45, 7) is 2.59. The predicted octanol–water partition coefficient (Wildman–Crippen LogP) is 1.43. The summed E-state index contributed by atoms with van der Waals surface area (Å²) in [6, 6.07) is 8.70. The Bertz CT molecular complexity index is 458. The lowest BCUT2D eigenvalue weighted by molar-refractivity contribution is -0.123. The number of carbonyl (C=O) groups excluding carboxylic acids is 1. The highest BCUT2D eigenvalue weighted by Gasteiger charge is 2.22. The minimum atomic E-state index is 0.113. The molecule has 21 heavy (non-hydrogen) atoms. The molecule has 114 valence electrons. The quantitative estimate of drug-likeness (QED) is 0.862. The van der Waals surface area contributed by atoms with Crippen molar-refractivity contribution in [1.29, 1.82) is 0 Å². The predicted molar refractivity (Wildman–Crippen MR) is 82.2 cm³/mol. The number of benzene rings is 1. The number of hydrogen-bond donors (Lipinski definition) is 2. The van der Waals surface area contributed by atoms with Crippen LogP contribution in [-0.4, -0.2) is 37.7 Å². The van der Waals surface area contributed by atoms with E-state index in [4.69, 9.17) is 4.74 Å². The fourth-order valence-corrected chi connectivity index (χ4v) is 3.24. The third-order valence-corrected chi connectivity index (χ3v) is 4.38. The number of piperidine rings is 1. The number of fused-ring (bicyclic) bond motifs is 1. The molecule has 1 amide bonds. The van der Waals surface area contributed by atoms with Crippen LogP contribution in [0.3, 0.4) is 0 Å². The van der Waals surface area contributed by atoms with Gasteiger partial charge in [-0.25, -0.2) is 0 Å². The molecular formula is C17H24N2O2. The van der Waals surface area contributed by atoms with Gasteiger partial charge in [0.1, 0.15) is 0 Å². The van der Waals surface area contributed by atoms with Crippen molar-refractivity contribution < 1.29 is 9.53 Å². The Balaban J connectivity index is 1.35. The Morgan fingerprint density at radius 2 is 1.86 bits per heavy atom. The number of carbonyl (C=O) groups is 1. The molecule has 0 spiro atoms. The van der Waals surface area contributed by atoms with Gasteiger partial charge in [-0.05, 0) is 49.9 Å². The second-order valence-electron chi connectivity index (χ2n) is 6.01. The van der Waals surface area contributed by atoms with Gasteiger partial charge < -0.3 is 15.4 Å². The normalized spacial score (nSPS) is 19.4. The van der Waals surface area contributed by atoms with Crippen molar-refractivity contribution in [2.45, 2.75) is 44.2 Å². The first-order valence-electron chi connectivity index (χ1n) is 8.00.